The number of hydrogen-bond acceptors (Lipinski definition) is 3. The molecule has 5 heteroatoms. The molecule has 0 aromatic carbocycles. The monoisotopic (exact) mass is 252 g/mol. The van der Waals surface area contributed by atoms with Gasteiger partial charge in [-0.25, -0.2) is 0 Å². The molecule has 4 nitrogen and oxygen atoms in total. The third-order valence-corrected chi connectivity index (χ3v) is 4.06. The molecule has 0 unspecified atom stereocenters. The van der Waals surface area contributed by atoms with E-state index >= 15 is 0 Å². The van der Waals surface area contributed by atoms with E-state index in [0.717, 1.165) is 11.3 Å². The summed E-state index contributed by atoms with van der Waals surface area (Å²) in [5.74, 6) is 0.138. The number of hydrogen-bond donors (Lipinski definition) is 1. The Morgan fingerprint density at radius 1 is 1.41 bits per heavy atom. The van der Waals surface area contributed by atoms with Gasteiger partial charge < -0.3 is 9.88 Å². The van der Waals surface area contributed by atoms with Crippen molar-refractivity contribution in [1.82, 2.24) is 9.88 Å². The molecule has 0 fully saturated rings. The molecule has 1 aromatic rings. The number of pyridine rings is 1. The minimum Gasteiger partial charge on any atom is -0.326 e. The van der Waals surface area contributed by atoms with E-state index in [4.69, 9.17) is 0 Å². The summed E-state index contributed by atoms with van der Waals surface area (Å²) < 4.78 is 0. The third kappa shape index (κ3) is 1.78. The van der Waals surface area contributed by atoms with Crippen LogP contribution in [0.15, 0.2) is 10.9 Å². The zero-order chi connectivity index (χ0) is 12.7. The maximum atomic E-state index is 12.1. The number of thioether (sulfide) groups is 1. The van der Waals surface area contributed by atoms with E-state index < -0.39 is 0 Å². The predicted octanol–water partition coefficient (Wildman–Crippen LogP) is 1.95. The van der Waals surface area contributed by atoms with Crippen LogP contribution >= 0.6 is 11.8 Å². The Bertz CT molecular complexity index is 522. The first-order chi connectivity index (χ1) is 7.97. The standard InChI is InChI=1S/C12H16N2O2S/c1-6(2)10-9-7(5-8(15)13-10)11(16)14(3)12(9)17-4/h5-6,12H,1-4H3,(H,13,15)/t12-/m1/s1. The molecule has 2 rings (SSSR count). The lowest BCUT2D eigenvalue weighted by Gasteiger charge is -2.20. The van der Waals surface area contributed by atoms with Gasteiger partial charge in [0.1, 0.15) is 5.37 Å². The Morgan fingerprint density at radius 2 is 2.06 bits per heavy atom. The molecule has 92 valence electrons. The van der Waals surface area contributed by atoms with Gasteiger partial charge in [0, 0.05) is 24.4 Å². The van der Waals surface area contributed by atoms with Crippen LogP contribution < -0.4 is 5.56 Å². The van der Waals surface area contributed by atoms with Gasteiger partial charge >= 0.3 is 0 Å². The molecule has 1 aliphatic rings. The normalized spacial score (nSPS) is 19.0. The number of carbonyl (C=O) groups excluding carboxylic acids is 1. The molecule has 0 bridgehead atoms. The lowest BCUT2D eigenvalue weighted by Crippen LogP contribution is -2.21. The molecule has 1 amide bonds. The van der Waals surface area contributed by atoms with Crippen molar-refractivity contribution in [2.45, 2.75) is 25.1 Å². The molecule has 0 spiro atoms. The van der Waals surface area contributed by atoms with Crippen LogP contribution in [0.2, 0.25) is 0 Å². The summed E-state index contributed by atoms with van der Waals surface area (Å²) in [5.41, 5.74) is 2.21. The summed E-state index contributed by atoms with van der Waals surface area (Å²) in [6.07, 6.45) is 1.97. The smallest absolute Gasteiger partial charge is 0.255 e. The number of aromatic amines is 1. The summed E-state index contributed by atoms with van der Waals surface area (Å²) in [6, 6.07) is 1.41. The van der Waals surface area contributed by atoms with Crippen molar-refractivity contribution in [2.24, 2.45) is 0 Å². The van der Waals surface area contributed by atoms with Gasteiger partial charge in [-0.2, -0.15) is 0 Å². The number of aromatic nitrogens is 1. The Morgan fingerprint density at radius 3 is 2.59 bits per heavy atom. The van der Waals surface area contributed by atoms with Crippen LogP contribution in [0.3, 0.4) is 0 Å². The number of rotatable bonds is 2. The van der Waals surface area contributed by atoms with Gasteiger partial charge in [0.25, 0.3) is 5.91 Å². The van der Waals surface area contributed by atoms with Crippen molar-refractivity contribution in [2.75, 3.05) is 13.3 Å². The van der Waals surface area contributed by atoms with Gasteiger partial charge in [0.2, 0.25) is 5.56 Å². The third-order valence-electron chi connectivity index (χ3n) is 3.06. The highest BCUT2D eigenvalue weighted by atomic mass is 32.2. The van der Waals surface area contributed by atoms with Gasteiger partial charge in [-0.15, -0.1) is 11.8 Å². The molecule has 0 radical (unpaired) electrons. The highest BCUT2D eigenvalue weighted by Gasteiger charge is 2.36. The first-order valence-corrected chi connectivity index (χ1v) is 6.83. The van der Waals surface area contributed by atoms with Crippen LogP contribution in [0.5, 0.6) is 0 Å². The molecule has 1 atom stereocenters. The van der Waals surface area contributed by atoms with Gasteiger partial charge in [-0.3, -0.25) is 9.59 Å². The Kier molecular flexibility index (Phi) is 3.03. The Balaban J connectivity index is 2.73. The minimum atomic E-state index is -0.198. The van der Waals surface area contributed by atoms with Crippen LogP contribution in [0, 0.1) is 0 Å². The molecule has 0 saturated carbocycles. The van der Waals surface area contributed by atoms with Crippen LogP contribution in [0.4, 0.5) is 0 Å². The number of nitrogens with one attached hydrogen (secondary N) is 1. The molecular formula is C12H16N2O2S. The second-order valence-electron chi connectivity index (χ2n) is 4.53. The fourth-order valence-electron chi connectivity index (χ4n) is 2.25. The first kappa shape index (κ1) is 12.2. The quantitative estimate of drug-likeness (QED) is 0.875. The van der Waals surface area contributed by atoms with Gasteiger partial charge in [-0.05, 0) is 12.2 Å². The van der Waals surface area contributed by atoms with Crippen molar-refractivity contribution in [3.63, 3.8) is 0 Å². The highest BCUT2D eigenvalue weighted by molar-refractivity contribution is 7.98. The van der Waals surface area contributed by atoms with Crippen molar-refractivity contribution >= 4 is 17.7 Å². The lowest BCUT2D eigenvalue weighted by atomic mass is 10.0. The molecule has 0 saturated heterocycles. The number of H-pyrrole nitrogens is 1. The number of carbonyl (C=O) groups is 1. The molecule has 1 aliphatic heterocycles. The summed E-state index contributed by atoms with van der Waals surface area (Å²) in [5, 5.41) is 0.00625. The van der Waals surface area contributed by atoms with E-state index in [0.29, 0.717) is 5.56 Å². The average Bonchev–Trinajstić information content (AvgIpc) is 2.51. The van der Waals surface area contributed by atoms with Crippen LogP contribution in [-0.2, 0) is 0 Å². The molecule has 17 heavy (non-hydrogen) atoms. The Labute approximate surface area is 104 Å². The first-order valence-electron chi connectivity index (χ1n) is 5.54. The second-order valence-corrected chi connectivity index (χ2v) is 5.45. The second kappa shape index (κ2) is 4.22. The maximum Gasteiger partial charge on any atom is 0.255 e. The highest BCUT2D eigenvalue weighted by Crippen LogP contribution is 2.41. The van der Waals surface area contributed by atoms with Crippen molar-refractivity contribution in [3.05, 3.63) is 33.2 Å². The fourth-order valence-corrected chi connectivity index (χ4v) is 3.16. The zero-order valence-electron chi connectivity index (χ0n) is 10.4. The van der Waals surface area contributed by atoms with Gasteiger partial charge in [0.05, 0.1) is 5.56 Å². The van der Waals surface area contributed by atoms with E-state index in [1.807, 2.05) is 20.1 Å². The fraction of sp³-hybridized carbons (Fsp3) is 0.500. The van der Waals surface area contributed by atoms with E-state index in [2.05, 4.69) is 4.98 Å². The topological polar surface area (TPSA) is 53.2 Å². The summed E-state index contributed by atoms with van der Waals surface area (Å²) in [7, 11) is 1.78. The molecule has 2 heterocycles. The van der Waals surface area contributed by atoms with E-state index in [9.17, 15) is 9.59 Å². The lowest BCUT2D eigenvalue weighted by molar-refractivity contribution is 0.0812. The summed E-state index contributed by atoms with van der Waals surface area (Å²) in [6.45, 7) is 4.04. The van der Waals surface area contributed by atoms with Crippen LogP contribution in [0.25, 0.3) is 0 Å². The molecular weight excluding hydrogens is 236 g/mol. The number of fused-ring (bicyclic) bond motifs is 1. The number of amides is 1. The maximum absolute atomic E-state index is 12.1. The van der Waals surface area contributed by atoms with E-state index in [1.54, 1.807) is 23.7 Å². The summed E-state index contributed by atoms with van der Waals surface area (Å²) >= 11 is 1.61. The van der Waals surface area contributed by atoms with Gasteiger partial charge in [0.15, 0.2) is 0 Å². The largest absolute Gasteiger partial charge is 0.326 e. The van der Waals surface area contributed by atoms with Gasteiger partial charge in [-0.1, -0.05) is 13.8 Å². The summed E-state index contributed by atoms with van der Waals surface area (Å²) in [4.78, 5) is 28.2. The molecule has 0 aliphatic carbocycles. The van der Waals surface area contributed by atoms with E-state index in [-0.39, 0.29) is 22.8 Å². The van der Waals surface area contributed by atoms with Crippen molar-refractivity contribution in [3.8, 4) is 0 Å². The van der Waals surface area contributed by atoms with Crippen molar-refractivity contribution < 1.29 is 4.79 Å². The number of nitrogens with zero attached hydrogens (tertiary/aromatic N) is 1. The van der Waals surface area contributed by atoms with Crippen molar-refractivity contribution in [1.29, 1.82) is 0 Å². The molecule has 1 N–H and O–H groups in total. The minimum absolute atomic E-state index is 0.00625. The van der Waals surface area contributed by atoms with Crippen LogP contribution in [-0.4, -0.2) is 29.1 Å². The predicted molar refractivity (Wildman–Crippen MR) is 69.5 cm³/mol. The van der Waals surface area contributed by atoms with Crippen LogP contribution in [0.1, 0.15) is 46.8 Å². The molecule has 1 aromatic heterocycles. The average molecular weight is 252 g/mol. The zero-order valence-corrected chi connectivity index (χ0v) is 11.2. The SMILES string of the molecule is CS[C@@H]1c2c(cc(=O)[nH]c2C(C)C)C(=O)N1C. The van der Waals surface area contributed by atoms with E-state index in [1.165, 1.54) is 6.07 Å². The Hall–Kier alpha value is -1.23.